The van der Waals surface area contributed by atoms with E-state index in [1.807, 2.05) is 42.5 Å². The van der Waals surface area contributed by atoms with Crippen LogP contribution in [0.25, 0.3) is 100 Å². The van der Waals surface area contributed by atoms with E-state index in [1.54, 1.807) is 0 Å². The summed E-state index contributed by atoms with van der Waals surface area (Å²) in [6.45, 7) is 4.94. The van der Waals surface area contributed by atoms with Gasteiger partial charge in [-0.3, -0.25) is 0 Å². The molecule has 332 valence electrons. The number of hydrogen-bond donors (Lipinski definition) is 0. The van der Waals surface area contributed by atoms with Crippen molar-refractivity contribution in [3.05, 3.63) is 199 Å². The molecule has 0 spiro atoms. The van der Waals surface area contributed by atoms with Gasteiger partial charge in [-0.15, -0.1) is 0 Å². The second-order valence-electron chi connectivity index (χ2n) is 20.0. The standard InChI is InChI=1S/C63H50N6/c1-40-31-43-32-41(2)37-63(36-40,38-43)48-27-24-44(25-28-48)46-15-11-18-50(34-46)69-55-21-10-9-19-52(55)59-53(20-12-22-57(59)69)62-66-60(45-13-5-3-6-14-45)65-61(67-62)47-26-29-51-54-33-42(39-64)23-30-56(54)68(58(51)35-47)49-16-7-4-8-17-49/h3-30,33-35,40-41,43H,31-32,36-38H2,1-2H3/t40-,41+,43-,63?. The Bertz CT molecular complexity index is 3800. The van der Waals surface area contributed by atoms with Crippen LogP contribution in [0.5, 0.6) is 0 Å². The van der Waals surface area contributed by atoms with Gasteiger partial charge in [0.2, 0.25) is 0 Å². The predicted octanol–water partition coefficient (Wildman–Crippen LogP) is 15.7. The monoisotopic (exact) mass is 890 g/mol. The van der Waals surface area contributed by atoms with E-state index in [0.717, 1.165) is 89.4 Å². The molecule has 0 radical (unpaired) electrons. The van der Waals surface area contributed by atoms with Crippen molar-refractivity contribution in [2.24, 2.45) is 17.8 Å². The summed E-state index contributed by atoms with van der Waals surface area (Å²) in [5.74, 6) is 4.22. The Kier molecular flexibility index (Phi) is 9.69. The van der Waals surface area contributed by atoms with Gasteiger partial charge in [-0.1, -0.05) is 141 Å². The molecule has 11 aromatic rings. The molecule has 69 heavy (non-hydrogen) atoms. The van der Waals surface area contributed by atoms with Crippen LogP contribution in [0.4, 0.5) is 0 Å². The number of rotatable bonds is 7. The lowest BCUT2D eigenvalue weighted by Gasteiger charge is -2.50. The van der Waals surface area contributed by atoms with E-state index in [4.69, 9.17) is 15.0 Å². The van der Waals surface area contributed by atoms with Crippen molar-refractivity contribution in [2.45, 2.75) is 51.4 Å². The zero-order valence-electron chi connectivity index (χ0n) is 38.8. The van der Waals surface area contributed by atoms with Crippen molar-refractivity contribution < 1.29 is 0 Å². The van der Waals surface area contributed by atoms with E-state index in [9.17, 15) is 5.26 Å². The Morgan fingerprint density at radius 2 is 1.09 bits per heavy atom. The molecule has 6 heteroatoms. The van der Waals surface area contributed by atoms with Gasteiger partial charge in [-0.25, -0.2) is 15.0 Å². The highest BCUT2D eigenvalue weighted by Crippen LogP contribution is 2.54. The van der Waals surface area contributed by atoms with E-state index >= 15 is 0 Å². The molecule has 2 saturated carbocycles. The first-order valence-corrected chi connectivity index (χ1v) is 24.5. The molecular formula is C63H50N6. The molecule has 2 aliphatic rings. The van der Waals surface area contributed by atoms with Gasteiger partial charge in [-0.2, -0.15) is 5.26 Å². The fourth-order valence-corrected chi connectivity index (χ4v) is 12.8. The summed E-state index contributed by atoms with van der Waals surface area (Å²) in [6, 6.07) is 69.0. The van der Waals surface area contributed by atoms with Crippen LogP contribution in [-0.2, 0) is 5.41 Å². The molecule has 0 amide bonds. The number of nitriles is 1. The van der Waals surface area contributed by atoms with Crippen LogP contribution in [0.1, 0.15) is 57.1 Å². The Balaban J connectivity index is 0.948. The van der Waals surface area contributed by atoms with Gasteiger partial charge in [0, 0.05) is 49.6 Å². The van der Waals surface area contributed by atoms with Crippen molar-refractivity contribution in [3.8, 4) is 62.7 Å². The zero-order chi connectivity index (χ0) is 46.2. The SMILES string of the molecule is C[C@@H]1C[C@@H]2C[C@H](C)CC(c3ccc(-c4cccc(-n5c6ccccc6c6c(-c7nc(-c8ccccc8)nc(-c8ccc9c%10cc(C#N)ccc%10n(-c%10ccccc%10)c9c8)n7)cccc65)c4)cc3)(C1)C2. The Morgan fingerprint density at radius 1 is 0.464 bits per heavy atom. The number of aromatic nitrogens is 5. The molecule has 13 rings (SSSR count). The molecule has 0 N–H and O–H groups in total. The van der Waals surface area contributed by atoms with E-state index in [1.165, 1.54) is 48.8 Å². The molecular weight excluding hydrogens is 841 g/mol. The van der Waals surface area contributed by atoms with Crippen LogP contribution >= 0.6 is 0 Å². The average molecular weight is 891 g/mol. The number of hydrogen-bond acceptors (Lipinski definition) is 4. The first kappa shape index (κ1) is 41.1. The van der Waals surface area contributed by atoms with Crippen molar-refractivity contribution in [3.63, 3.8) is 0 Å². The third-order valence-corrected chi connectivity index (χ3v) is 15.3. The Morgan fingerprint density at radius 3 is 1.87 bits per heavy atom. The Labute approximate surface area is 402 Å². The predicted molar refractivity (Wildman–Crippen MR) is 282 cm³/mol. The van der Waals surface area contributed by atoms with E-state index in [-0.39, 0.29) is 0 Å². The van der Waals surface area contributed by atoms with Crippen molar-refractivity contribution in [1.29, 1.82) is 5.26 Å². The number of benzene rings is 8. The van der Waals surface area contributed by atoms with E-state index in [0.29, 0.717) is 28.5 Å². The minimum absolute atomic E-state index is 0.309. The smallest absolute Gasteiger partial charge is 0.164 e. The van der Waals surface area contributed by atoms with Crippen LogP contribution in [0.2, 0.25) is 0 Å². The quantitative estimate of drug-likeness (QED) is 0.160. The van der Waals surface area contributed by atoms with E-state index < -0.39 is 0 Å². The topological polar surface area (TPSA) is 72.3 Å². The molecule has 6 nitrogen and oxygen atoms in total. The second kappa shape index (κ2) is 16.3. The highest BCUT2D eigenvalue weighted by atomic mass is 15.0. The first-order valence-electron chi connectivity index (χ1n) is 24.5. The normalized spacial score (nSPS) is 19.1. The summed E-state index contributed by atoms with van der Waals surface area (Å²) in [5, 5.41) is 14.2. The summed E-state index contributed by atoms with van der Waals surface area (Å²) >= 11 is 0. The van der Waals surface area contributed by atoms with Crippen LogP contribution in [-0.4, -0.2) is 24.1 Å². The van der Waals surface area contributed by atoms with Crippen molar-refractivity contribution in [2.75, 3.05) is 0 Å². The number of nitrogens with zero attached hydrogens (tertiary/aromatic N) is 6. The first-order chi connectivity index (χ1) is 33.9. The highest BCUT2D eigenvalue weighted by molar-refractivity contribution is 6.15. The third-order valence-electron chi connectivity index (χ3n) is 15.3. The molecule has 8 aromatic carbocycles. The minimum atomic E-state index is 0.309. The fraction of sp³-hybridized carbons (Fsp3) is 0.175. The molecule has 0 saturated heterocycles. The fourth-order valence-electron chi connectivity index (χ4n) is 12.8. The largest absolute Gasteiger partial charge is 0.309 e. The van der Waals surface area contributed by atoms with Gasteiger partial charge in [0.15, 0.2) is 17.5 Å². The summed E-state index contributed by atoms with van der Waals surface area (Å²) in [4.78, 5) is 15.8. The van der Waals surface area contributed by atoms with Gasteiger partial charge in [0.25, 0.3) is 0 Å². The molecule has 3 aromatic heterocycles. The van der Waals surface area contributed by atoms with E-state index in [2.05, 4.69) is 175 Å². The molecule has 2 fully saturated rings. The average Bonchev–Trinajstić information content (AvgIpc) is 3.91. The van der Waals surface area contributed by atoms with Crippen molar-refractivity contribution in [1.82, 2.24) is 24.1 Å². The van der Waals surface area contributed by atoms with Crippen molar-refractivity contribution >= 4 is 43.6 Å². The summed E-state index contributed by atoms with van der Waals surface area (Å²) < 4.78 is 4.66. The van der Waals surface area contributed by atoms with Crippen LogP contribution in [0.15, 0.2) is 188 Å². The lowest BCUT2D eigenvalue weighted by molar-refractivity contribution is 0.0780. The summed E-state index contributed by atoms with van der Waals surface area (Å²) in [7, 11) is 0. The molecule has 1 unspecified atom stereocenters. The highest BCUT2D eigenvalue weighted by Gasteiger charge is 2.45. The number of fused-ring (bicyclic) bond motifs is 8. The van der Waals surface area contributed by atoms with Crippen LogP contribution < -0.4 is 0 Å². The maximum Gasteiger partial charge on any atom is 0.164 e. The molecule has 2 aliphatic carbocycles. The van der Waals surface area contributed by atoms with Crippen LogP contribution in [0.3, 0.4) is 0 Å². The van der Waals surface area contributed by atoms with Crippen LogP contribution in [0, 0.1) is 29.1 Å². The number of para-hydroxylation sites is 2. The molecule has 4 atom stereocenters. The molecule has 0 aliphatic heterocycles. The maximum absolute atomic E-state index is 9.86. The lowest BCUT2D eigenvalue weighted by Crippen LogP contribution is -2.42. The molecule has 3 heterocycles. The molecule has 2 bridgehead atoms. The zero-order valence-corrected chi connectivity index (χ0v) is 38.8. The van der Waals surface area contributed by atoms with Gasteiger partial charge in [0.05, 0.1) is 33.7 Å². The van der Waals surface area contributed by atoms with Gasteiger partial charge < -0.3 is 9.13 Å². The third kappa shape index (κ3) is 6.95. The lowest BCUT2D eigenvalue weighted by atomic mass is 9.54. The Hall–Kier alpha value is -8.14. The van der Waals surface area contributed by atoms with Gasteiger partial charge in [0.1, 0.15) is 0 Å². The summed E-state index contributed by atoms with van der Waals surface area (Å²) in [5.41, 5.74) is 14.0. The summed E-state index contributed by atoms with van der Waals surface area (Å²) in [6.07, 6.45) is 6.73. The van der Waals surface area contributed by atoms with Gasteiger partial charge >= 0.3 is 0 Å². The second-order valence-corrected chi connectivity index (χ2v) is 20.0. The minimum Gasteiger partial charge on any atom is -0.309 e. The van der Waals surface area contributed by atoms with Gasteiger partial charge in [-0.05, 0) is 133 Å². The maximum atomic E-state index is 9.86.